The van der Waals surface area contributed by atoms with Gasteiger partial charge in [-0.05, 0) is 48.1 Å². The number of benzene rings is 2. The zero-order chi connectivity index (χ0) is 13.1. The molecule has 0 heterocycles. The number of aryl methyl sites for hydroxylation is 1. The normalized spacial score (nSPS) is 18.1. The highest BCUT2D eigenvalue weighted by Gasteiger charge is 2.17. The van der Waals surface area contributed by atoms with Gasteiger partial charge in [-0.25, -0.2) is 4.39 Å². The summed E-state index contributed by atoms with van der Waals surface area (Å²) in [4.78, 5) is 0. The molecule has 0 aliphatic heterocycles. The highest BCUT2D eigenvalue weighted by Crippen LogP contribution is 2.21. The second-order valence-electron chi connectivity index (χ2n) is 5.22. The minimum Gasteiger partial charge on any atom is -0.310 e. The average molecular weight is 255 g/mol. The topological polar surface area (TPSA) is 12.0 Å². The Balaban J connectivity index is 1.61. The first-order valence-corrected chi connectivity index (χ1v) is 6.86. The smallest absolute Gasteiger partial charge is 0.123 e. The summed E-state index contributed by atoms with van der Waals surface area (Å²) in [5.74, 6) is -0.159. The third kappa shape index (κ3) is 3.02. The molecule has 2 aromatic carbocycles. The number of hydrogen-bond donors (Lipinski definition) is 1. The number of halogens is 1. The van der Waals surface area contributed by atoms with Crippen molar-refractivity contribution in [3.8, 4) is 0 Å². The van der Waals surface area contributed by atoms with Crippen LogP contribution in [-0.4, -0.2) is 6.04 Å². The van der Waals surface area contributed by atoms with Crippen LogP contribution in [0.2, 0.25) is 0 Å². The van der Waals surface area contributed by atoms with E-state index >= 15 is 0 Å². The molecule has 1 unspecified atom stereocenters. The third-order valence-electron chi connectivity index (χ3n) is 3.83. The molecule has 0 saturated heterocycles. The lowest BCUT2D eigenvalue weighted by molar-refractivity contribution is 0.457. The molecule has 3 rings (SSSR count). The molecule has 1 atom stereocenters. The molecule has 1 N–H and O–H groups in total. The number of fused-ring (bicyclic) bond motifs is 1. The van der Waals surface area contributed by atoms with Crippen LogP contribution in [0.4, 0.5) is 4.39 Å². The molecule has 0 aromatic heterocycles. The zero-order valence-electron chi connectivity index (χ0n) is 10.9. The monoisotopic (exact) mass is 255 g/mol. The molecule has 0 amide bonds. The van der Waals surface area contributed by atoms with E-state index in [1.165, 1.54) is 17.2 Å². The van der Waals surface area contributed by atoms with Crippen LogP contribution in [0.5, 0.6) is 0 Å². The van der Waals surface area contributed by atoms with Gasteiger partial charge in [0.2, 0.25) is 0 Å². The van der Waals surface area contributed by atoms with Gasteiger partial charge < -0.3 is 5.32 Å². The second-order valence-corrected chi connectivity index (χ2v) is 5.22. The number of rotatable bonds is 3. The van der Waals surface area contributed by atoms with E-state index in [1.807, 2.05) is 6.07 Å². The van der Waals surface area contributed by atoms with E-state index in [9.17, 15) is 4.39 Å². The van der Waals surface area contributed by atoms with E-state index in [0.29, 0.717) is 6.04 Å². The molecule has 98 valence electrons. The summed E-state index contributed by atoms with van der Waals surface area (Å²) in [5, 5.41) is 3.54. The summed E-state index contributed by atoms with van der Waals surface area (Å²) in [6.45, 7) is 0.741. The van der Waals surface area contributed by atoms with Gasteiger partial charge in [-0.1, -0.05) is 36.4 Å². The highest BCUT2D eigenvalue weighted by atomic mass is 19.1. The summed E-state index contributed by atoms with van der Waals surface area (Å²) in [6, 6.07) is 16.0. The van der Waals surface area contributed by atoms with Crippen molar-refractivity contribution < 1.29 is 4.39 Å². The fraction of sp³-hybridized carbons (Fsp3) is 0.294. The fourth-order valence-electron chi connectivity index (χ4n) is 2.78. The van der Waals surface area contributed by atoms with Gasteiger partial charge in [0.05, 0.1) is 0 Å². The Labute approximate surface area is 113 Å². The molecule has 1 aliphatic carbocycles. The van der Waals surface area contributed by atoms with Crippen molar-refractivity contribution in [1.82, 2.24) is 5.32 Å². The molecular formula is C17H18FN. The first-order valence-electron chi connectivity index (χ1n) is 6.86. The van der Waals surface area contributed by atoms with Crippen LogP contribution in [0.25, 0.3) is 0 Å². The van der Waals surface area contributed by atoms with Gasteiger partial charge in [-0.15, -0.1) is 0 Å². The van der Waals surface area contributed by atoms with Crippen LogP contribution in [0.15, 0.2) is 48.5 Å². The first-order chi connectivity index (χ1) is 9.31. The van der Waals surface area contributed by atoms with Crippen molar-refractivity contribution in [3.05, 3.63) is 71.0 Å². The second kappa shape index (κ2) is 5.54. The van der Waals surface area contributed by atoms with Crippen molar-refractivity contribution in [3.63, 3.8) is 0 Å². The van der Waals surface area contributed by atoms with Gasteiger partial charge in [0.25, 0.3) is 0 Å². The minimum absolute atomic E-state index is 0.159. The molecule has 0 spiro atoms. The standard InChI is InChI=1S/C17H18FN/c18-16-7-3-4-13(10-16)12-19-17-9-8-14-5-1-2-6-15(14)11-17/h1-7,10,17,19H,8-9,11-12H2. The van der Waals surface area contributed by atoms with Crippen LogP contribution in [0.3, 0.4) is 0 Å². The Morgan fingerprint density at radius 1 is 1.05 bits per heavy atom. The highest BCUT2D eigenvalue weighted by molar-refractivity contribution is 5.30. The van der Waals surface area contributed by atoms with Crippen LogP contribution in [0.1, 0.15) is 23.1 Å². The van der Waals surface area contributed by atoms with Crippen LogP contribution < -0.4 is 5.32 Å². The van der Waals surface area contributed by atoms with Crippen molar-refractivity contribution in [2.24, 2.45) is 0 Å². The van der Waals surface area contributed by atoms with Crippen LogP contribution >= 0.6 is 0 Å². The Hall–Kier alpha value is -1.67. The minimum atomic E-state index is -0.159. The zero-order valence-corrected chi connectivity index (χ0v) is 10.9. The molecule has 0 fully saturated rings. The predicted octanol–water partition coefficient (Wildman–Crippen LogP) is 3.47. The Bertz CT molecular complexity index is 565. The summed E-state index contributed by atoms with van der Waals surface area (Å²) >= 11 is 0. The van der Waals surface area contributed by atoms with Crippen molar-refractivity contribution in [2.45, 2.75) is 31.8 Å². The average Bonchev–Trinajstić information content (AvgIpc) is 2.45. The predicted molar refractivity (Wildman–Crippen MR) is 75.5 cm³/mol. The maximum absolute atomic E-state index is 13.1. The van der Waals surface area contributed by atoms with Gasteiger partial charge in [-0.3, -0.25) is 0 Å². The van der Waals surface area contributed by atoms with E-state index in [4.69, 9.17) is 0 Å². The Morgan fingerprint density at radius 2 is 1.89 bits per heavy atom. The van der Waals surface area contributed by atoms with E-state index in [1.54, 1.807) is 12.1 Å². The molecule has 0 radical (unpaired) electrons. The third-order valence-corrected chi connectivity index (χ3v) is 3.83. The molecule has 2 heteroatoms. The van der Waals surface area contributed by atoms with Crippen molar-refractivity contribution >= 4 is 0 Å². The van der Waals surface area contributed by atoms with Gasteiger partial charge in [0, 0.05) is 12.6 Å². The lowest BCUT2D eigenvalue weighted by atomic mass is 9.88. The van der Waals surface area contributed by atoms with E-state index in [-0.39, 0.29) is 5.82 Å². The Morgan fingerprint density at radius 3 is 2.74 bits per heavy atom. The van der Waals surface area contributed by atoms with Gasteiger partial charge in [0.15, 0.2) is 0 Å². The van der Waals surface area contributed by atoms with Gasteiger partial charge in [-0.2, -0.15) is 0 Å². The summed E-state index contributed by atoms with van der Waals surface area (Å²) in [5.41, 5.74) is 3.94. The van der Waals surface area contributed by atoms with Gasteiger partial charge in [0.1, 0.15) is 5.82 Å². The SMILES string of the molecule is Fc1cccc(CNC2CCc3ccccc3C2)c1. The molecule has 1 nitrogen and oxygen atoms in total. The molecule has 19 heavy (non-hydrogen) atoms. The fourth-order valence-corrected chi connectivity index (χ4v) is 2.78. The maximum atomic E-state index is 13.1. The lowest BCUT2D eigenvalue weighted by Gasteiger charge is -2.25. The van der Waals surface area contributed by atoms with E-state index in [0.717, 1.165) is 31.4 Å². The summed E-state index contributed by atoms with van der Waals surface area (Å²) < 4.78 is 13.1. The van der Waals surface area contributed by atoms with Gasteiger partial charge >= 0.3 is 0 Å². The maximum Gasteiger partial charge on any atom is 0.123 e. The molecule has 1 aliphatic rings. The summed E-state index contributed by atoms with van der Waals surface area (Å²) in [6.07, 6.45) is 3.37. The number of nitrogens with one attached hydrogen (secondary N) is 1. The molecule has 2 aromatic rings. The molecular weight excluding hydrogens is 237 g/mol. The van der Waals surface area contributed by atoms with E-state index in [2.05, 4.69) is 29.6 Å². The van der Waals surface area contributed by atoms with E-state index < -0.39 is 0 Å². The lowest BCUT2D eigenvalue weighted by Crippen LogP contribution is -2.34. The largest absolute Gasteiger partial charge is 0.310 e. The quantitative estimate of drug-likeness (QED) is 0.885. The Kier molecular flexibility index (Phi) is 3.60. The molecule has 0 bridgehead atoms. The summed E-state index contributed by atoms with van der Waals surface area (Å²) in [7, 11) is 0. The van der Waals surface area contributed by atoms with Crippen LogP contribution in [-0.2, 0) is 19.4 Å². The first kappa shape index (κ1) is 12.4. The van der Waals surface area contributed by atoms with Crippen LogP contribution in [0, 0.1) is 5.82 Å². The number of hydrogen-bond acceptors (Lipinski definition) is 1. The van der Waals surface area contributed by atoms with Crippen molar-refractivity contribution in [2.75, 3.05) is 0 Å². The van der Waals surface area contributed by atoms with Crippen molar-refractivity contribution in [1.29, 1.82) is 0 Å². The molecule has 0 saturated carbocycles.